The van der Waals surface area contributed by atoms with Crippen LogP contribution >= 0.6 is 23.2 Å². The van der Waals surface area contributed by atoms with Crippen LogP contribution in [0.2, 0.25) is 10.0 Å². The van der Waals surface area contributed by atoms with Crippen LogP contribution in [-0.4, -0.2) is 6.03 Å². The smallest absolute Gasteiger partial charge is 0.308 e. The Hall–Kier alpha value is -1.78. The van der Waals surface area contributed by atoms with Crippen molar-refractivity contribution in [3.63, 3.8) is 0 Å². The van der Waals surface area contributed by atoms with E-state index in [0.29, 0.717) is 16.4 Å². The molecule has 0 saturated heterocycles. The van der Waals surface area contributed by atoms with Crippen molar-refractivity contribution in [1.82, 2.24) is 0 Å². The highest BCUT2D eigenvalue weighted by Gasteiger charge is 2.08. The van der Waals surface area contributed by atoms with Gasteiger partial charge in [0.25, 0.3) is 0 Å². The van der Waals surface area contributed by atoms with Gasteiger partial charge in [-0.25, -0.2) is 9.18 Å². The van der Waals surface area contributed by atoms with Gasteiger partial charge in [-0.1, -0.05) is 35.3 Å². The Morgan fingerprint density at radius 3 is 2.53 bits per heavy atom. The summed E-state index contributed by atoms with van der Waals surface area (Å²) in [4.78, 5) is 11.7. The van der Waals surface area contributed by atoms with Gasteiger partial charge in [0, 0.05) is 5.69 Å². The van der Waals surface area contributed by atoms with Crippen LogP contribution in [0.3, 0.4) is 0 Å². The summed E-state index contributed by atoms with van der Waals surface area (Å²) >= 11 is 11.8. The van der Waals surface area contributed by atoms with Crippen LogP contribution in [0.25, 0.3) is 0 Å². The predicted octanol–water partition coefficient (Wildman–Crippen LogP) is 4.78. The minimum absolute atomic E-state index is 0.249. The second-order valence-electron chi connectivity index (χ2n) is 3.69. The normalized spacial score (nSPS) is 10.1. The van der Waals surface area contributed by atoms with Crippen molar-refractivity contribution >= 4 is 40.6 Å². The Morgan fingerprint density at radius 2 is 1.79 bits per heavy atom. The lowest BCUT2D eigenvalue weighted by Gasteiger charge is -2.09. The molecule has 2 N–H and O–H groups in total. The van der Waals surface area contributed by atoms with Gasteiger partial charge in [-0.15, -0.1) is 0 Å². The minimum Gasteiger partial charge on any atom is -0.308 e. The molecule has 6 heteroatoms. The van der Waals surface area contributed by atoms with Crippen LogP contribution < -0.4 is 10.6 Å². The average molecular weight is 299 g/mol. The van der Waals surface area contributed by atoms with E-state index in [1.807, 2.05) is 0 Å². The molecule has 98 valence electrons. The average Bonchev–Trinajstić information content (AvgIpc) is 2.35. The SMILES string of the molecule is O=C(Nc1cccc(F)c1)Nc1cccc(Cl)c1Cl. The minimum atomic E-state index is -0.533. The van der Waals surface area contributed by atoms with E-state index in [4.69, 9.17) is 23.2 Å². The first kappa shape index (κ1) is 13.6. The number of carbonyl (C=O) groups excluding carboxylic acids is 1. The number of nitrogens with one attached hydrogen (secondary N) is 2. The van der Waals surface area contributed by atoms with Gasteiger partial charge in [0.15, 0.2) is 0 Å². The molecule has 0 heterocycles. The molecule has 0 aromatic heterocycles. The lowest BCUT2D eigenvalue weighted by molar-refractivity contribution is 0.262. The molecular formula is C13H9Cl2FN2O. The van der Waals surface area contributed by atoms with Crippen LogP contribution in [0.15, 0.2) is 42.5 Å². The number of halogens is 3. The third-order valence-electron chi connectivity index (χ3n) is 2.28. The van der Waals surface area contributed by atoms with E-state index in [1.165, 1.54) is 18.2 Å². The Bertz CT molecular complexity index is 619. The quantitative estimate of drug-likeness (QED) is 0.823. The second-order valence-corrected chi connectivity index (χ2v) is 4.48. The van der Waals surface area contributed by atoms with Crippen LogP contribution in [0.5, 0.6) is 0 Å². The van der Waals surface area contributed by atoms with Gasteiger partial charge in [0.2, 0.25) is 0 Å². The van der Waals surface area contributed by atoms with Gasteiger partial charge in [0.05, 0.1) is 15.7 Å². The third-order valence-corrected chi connectivity index (χ3v) is 3.10. The van der Waals surface area contributed by atoms with Crippen LogP contribution in [0, 0.1) is 5.82 Å². The molecular weight excluding hydrogens is 290 g/mol. The van der Waals surface area contributed by atoms with Crippen molar-refractivity contribution in [1.29, 1.82) is 0 Å². The van der Waals surface area contributed by atoms with E-state index >= 15 is 0 Å². The maximum absolute atomic E-state index is 13.0. The zero-order valence-electron chi connectivity index (χ0n) is 9.58. The summed E-state index contributed by atoms with van der Waals surface area (Å²) in [6, 6.07) is 9.91. The second kappa shape index (κ2) is 5.91. The van der Waals surface area contributed by atoms with Gasteiger partial charge < -0.3 is 10.6 Å². The first-order valence-electron chi connectivity index (χ1n) is 5.34. The van der Waals surface area contributed by atoms with Crippen molar-refractivity contribution in [3.05, 3.63) is 58.3 Å². The highest BCUT2D eigenvalue weighted by atomic mass is 35.5. The number of hydrogen-bond donors (Lipinski definition) is 2. The number of hydrogen-bond acceptors (Lipinski definition) is 1. The first-order valence-corrected chi connectivity index (χ1v) is 6.09. The Labute approximate surface area is 119 Å². The molecule has 0 atom stereocenters. The summed E-state index contributed by atoms with van der Waals surface area (Å²) < 4.78 is 13.0. The number of rotatable bonds is 2. The Morgan fingerprint density at radius 1 is 1.05 bits per heavy atom. The Kier molecular flexibility index (Phi) is 4.24. The summed E-state index contributed by atoms with van der Waals surface area (Å²) in [7, 11) is 0. The Balaban J connectivity index is 2.08. The number of amides is 2. The van der Waals surface area contributed by atoms with Gasteiger partial charge in [-0.3, -0.25) is 0 Å². The zero-order chi connectivity index (χ0) is 13.8. The molecule has 2 aromatic rings. The molecule has 0 aliphatic heterocycles. The van der Waals surface area contributed by atoms with E-state index in [0.717, 1.165) is 0 Å². The molecule has 0 aliphatic rings. The lowest BCUT2D eigenvalue weighted by Crippen LogP contribution is -2.19. The summed E-state index contributed by atoms with van der Waals surface area (Å²) in [5.41, 5.74) is 0.721. The molecule has 2 rings (SSSR count). The van der Waals surface area contributed by atoms with Crippen LogP contribution in [0.4, 0.5) is 20.6 Å². The molecule has 0 unspecified atom stereocenters. The third kappa shape index (κ3) is 3.59. The molecule has 0 saturated carbocycles. The number of anilines is 2. The topological polar surface area (TPSA) is 41.1 Å². The van der Waals surface area contributed by atoms with Crippen molar-refractivity contribution < 1.29 is 9.18 Å². The van der Waals surface area contributed by atoms with Gasteiger partial charge in [0.1, 0.15) is 5.82 Å². The summed E-state index contributed by atoms with van der Waals surface area (Å²) in [6.45, 7) is 0. The fourth-order valence-corrected chi connectivity index (χ4v) is 1.80. The van der Waals surface area contributed by atoms with E-state index < -0.39 is 11.8 Å². The highest BCUT2D eigenvalue weighted by Crippen LogP contribution is 2.29. The highest BCUT2D eigenvalue weighted by molar-refractivity contribution is 6.44. The van der Waals surface area contributed by atoms with Crippen LogP contribution in [-0.2, 0) is 0 Å². The fourth-order valence-electron chi connectivity index (χ4n) is 1.45. The van der Waals surface area contributed by atoms with E-state index in [-0.39, 0.29) is 5.02 Å². The zero-order valence-corrected chi connectivity index (χ0v) is 11.1. The van der Waals surface area contributed by atoms with Crippen molar-refractivity contribution in [2.24, 2.45) is 0 Å². The van der Waals surface area contributed by atoms with E-state index in [1.54, 1.807) is 24.3 Å². The first-order chi connectivity index (χ1) is 9.06. The van der Waals surface area contributed by atoms with Crippen LogP contribution in [0.1, 0.15) is 0 Å². The van der Waals surface area contributed by atoms with Gasteiger partial charge in [-0.2, -0.15) is 0 Å². The number of urea groups is 1. The van der Waals surface area contributed by atoms with Gasteiger partial charge in [-0.05, 0) is 30.3 Å². The molecule has 0 radical (unpaired) electrons. The summed E-state index contributed by atoms with van der Waals surface area (Å²) in [5.74, 6) is -0.432. The largest absolute Gasteiger partial charge is 0.323 e. The van der Waals surface area contributed by atoms with Crippen molar-refractivity contribution in [2.45, 2.75) is 0 Å². The molecule has 0 aliphatic carbocycles. The lowest BCUT2D eigenvalue weighted by atomic mass is 10.3. The molecule has 2 aromatic carbocycles. The summed E-state index contributed by atoms with van der Waals surface area (Å²) in [6.07, 6.45) is 0. The maximum Gasteiger partial charge on any atom is 0.323 e. The number of carbonyl (C=O) groups is 1. The monoisotopic (exact) mass is 298 g/mol. The summed E-state index contributed by atoms with van der Waals surface area (Å²) in [5, 5.41) is 5.60. The molecule has 2 amide bonds. The van der Waals surface area contributed by atoms with E-state index in [2.05, 4.69) is 10.6 Å². The van der Waals surface area contributed by atoms with E-state index in [9.17, 15) is 9.18 Å². The van der Waals surface area contributed by atoms with Crippen molar-refractivity contribution in [3.8, 4) is 0 Å². The molecule has 0 spiro atoms. The predicted molar refractivity (Wildman–Crippen MR) is 75.5 cm³/mol. The number of benzene rings is 2. The standard InChI is InChI=1S/C13H9Cl2FN2O/c14-10-5-2-6-11(12(10)15)18-13(19)17-9-4-1-3-8(16)7-9/h1-7H,(H2,17,18,19). The fraction of sp³-hybridized carbons (Fsp3) is 0. The molecule has 0 bridgehead atoms. The van der Waals surface area contributed by atoms with Gasteiger partial charge >= 0.3 is 6.03 Å². The van der Waals surface area contributed by atoms with Crippen molar-refractivity contribution in [2.75, 3.05) is 10.6 Å². The molecule has 0 fully saturated rings. The molecule has 19 heavy (non-hydrogen) atoms. The molecule has 3 nitrogen and oxygen atoms in total. The maximum atomic E-state index is 13.0.